The number of nitrogens with zero attached hydrogens (tertiary/aromatic N) is 6. The van der Waals surface area contributed by atoms with E-state index in [1.54, 1.807) is 31.3 Å². The highest BCUT2D eigenvalue weighted by molar-refractivity contribution is 5.93. The molecule has 5 rings (SSSR count). The fourth-order valence-corrected chi connectivity index (χ4v) is 4.33. The van der Waals surface area contributed by atoms with Crippen LogP contribution in [-0.4, -0.2) is 67.1 Å². The predicted molar refractivity (Wildman–Crippen MR) is 130 cm³/mol. The third kappa shape index (κ3) is 5.52. The first kappa shape index (κ1) is 26.1. The van der Waals surface area contributed by atoms with Gasteiger partial charge in [0.05, 0.1) is 17.6 Å². The molecule has 4 aromatic rings. The number of hydrogen-bond acceptors (Lipinski definition) is 6. The number of piperazine rings is 1. The largest absolute Gasteiger partial charge is 0.443 e. The molecule has 9 nitrogen and oxygen atoms in total. The van der Waals surface area contributed by atoms with Crippen LogP contribution < -0.4 is 0 Å². The van der Waals surface area contributed by atoms with E-state index >= 15 is 0 Å². The molecule has 39 heavy (non-hydrogen) atoms. The van der Waals surface area contributed by atoms with Crippen LogP contribution in [0.15, 0.2) is 60.9 Å². The smallest absolute Gasteiger partial charge is 0.420 e. The van der Waals surface area contributed by atoms with E-state index in [0.29, 0.717) is 5.69 Å². The SMILES string of the molecule is C[C@H]1CN(C(=O)c2cn3nc(-c4ccc(F)cc4)cc(C(F)(F)F)c3n2)CCN1C(=O)OCc1ccccn1. The third-order valence-corrected chi connectivity index (χ3v) is 6.31. The van der Waals surface area contributed by atoms with E-state index in [2.05, 4.69) is 15.1 Å². The van der Waals surface area contributed by atoms with Gasteiger partial charge in [0.15, 0.2) is 5.65 Å². The van der Waals surface area contributed by atoms with Crippen molar-refractivity contribution in [3.05, 3.63) is 83.7 Å². The summed E-state index contributed by atoms with van der Waals surface area (Å²) in [7, 11) is 0. The number of imidazole rings is 1. The van der Waals surface area contributed by atoms with Crippen LogP contribution in [0.2, 0.25) is 0 Å². The fourth-order valence-electron chi connectivity index (χ4n) is 4.33. The zero-order valence-corrected chi connectivity index (χ0v) is 20.6. The fraction of sp³-hybridized carbons (Fsp3) is 0.269. The molecule has 1 aliphatic heterocycles. The summed E-state index contributed by atoms with van der Waals surface area (Å²) < 4.78 is 61.2. The molecule has 0 saturated carbocycles. The highest BCUT2D eigenvalue weighted by Crippen LogP contribution is 2.34. The monoisotopic (exact) mass is 542 g/mol. The number of carbonyl (C=O) groups is 2. The Morgan fingerprint density at radius 2 is 1.87 bits per heavy atom. The Kier molecular flexibility index (Phi) is 6.89. The second-order valence-electron chi connectivity index (χ2n) is 9.01. The first-order chi connectivity index (χ1) is 18.6. The lowest BCUT2D eigenvalue weighted by atomic mass is 10.1. The summed E-state index contributed by atoms with van der Waals surface area (Å²) in [5.74, 6) is -1.13. The van der Waals surface area contributed by atoms with Crippen LogP contribution in [0.25, 0.3) is 16.9 Å². The standard InChI is InChI=1S/C26H22F4N6O3/c1-16-13-34(10-11-35(16)25(38)39-15-19-4-2-3-9-31-19)24(37)22-14-36-23(32-22)20(26(28,29)30)12-21(33-36)17-5-7-18(27)8-6-17/h2-9,12,14,16H,10-11,13,15H2,1H3/t16-/m0/s1. The molecular formula is C26H22F4N6O3. The number of benzene rings is 1. The topological polar surface area (TPSA) is 92.9 Å². The van der Waals surface area contributed by atoms with Crippen molar-refractivity contribution in [1.29, 1.82) is 0 Å². The van der Waals surface area contributed by atoms with Gasteiger partial charge in [0, 0.05) is 37.4 Å². The number of amides is 2. The molecule has 202 valence electrons. The van der Waals surface area contributed by atoms with Crippen molar-refractivity contribution in [2.24, 2.45) is 0 Å². The number of carbonyl (C=O) groups excluding carboxylic acids is 2. The maximum atomic E-state index is 13.9. The van der Waals surface area contributed by atoms with Crippen LogP contribution >= 0.6 is 0 Å². The number of fused-ring (bicyclic) bond motifs is 1. The van der Waals surface area contributed by atoms with Gasteiger partial charge in [-0.1, -0.05) is 6.07 Å². The van der Waals surface area contributed by atoms with Gasteiger partial charge in [-0.2, -0.15) is 18.3 Å². The number of ether oxygens (including phenoxy) is 1. The lowest BCUT2D eigenvalue weighted by molar-refractivity contribution is -0.136. The van der Waals surface area contributed by atoms with E-state index in [4.69, 9.17) is 4.74 Å². The van der Waals surface area contributed by atoms with Gasteiger partial charge in [-0.3, -0.25) is 9.78 Å². The molecule has 4 heterocycles. The van der Waals surface area contributed by atoms with Crippen LogP contribution in [0.5, 0.6) is 0 Å². The number of aromatic nitrogens is 4. The zero-order valence-electron chi connectivity index (χ0n) is 20.6. The summed E-state index contributed by atoms with van der Waals surface area (Å²) in [4.78, 5) is 36.7. The summed E-state index contributed by atoms with van der Waals surface area (Å²) in [6.45, 7) is 2.18. The van der Waals surface area contributed by atoms with E-state index in [-0.39, 0.29) is 43.2 Å². The Labute approximate surface area is 219 Å². The Morgan fingerprint density at radius 1 is 1.10 bits per heavy atom. The third-order valence-electron chi connectivity index (χ3n) is 6.31. The first-order valence-electron chi connectivity index (χ1n) is 12.0. The van der Waals surface area contributed by atoms with Crippen molar-refractivity contribution in [1.82, 2.24) is 29.4 Å². The number of pyridine rings is 1. The van der Waals surface area contributed by atoms with E-state index in [0.717, 1.165) is 28.9 Å². The van der Waals surface area contributed by atoms with Gasteiger partial charge >= 0.3 is 12.3 Å². The van der Waals surface area contributed by atoms with Gasteiger partial charge in [-0.05, 0) is 49.4 Å². The quantitative estimate of drug-likeness (QED) is 0.354. The molecule has 13 heteroatoms. The van der Waals surface area contributed by atoms with E-state index < -0.39 is 41.2 Å². The second-order valence-corrected chi connectivity index (χ2v) is 9.01. The summed E-state index contributed by atoms with van der Waals surface area (Å²) in [6, 6.07) is 10.5. The molecule has 0 unspecified atom stereocenters. The summed E-state index contributed by atoms with van der Waals surface area (Å²) in [6.07, 6.45) is -2.61. The Hall–Kier alpha value is -4.55. The predicted octanol–water partition coefficient (Wildman–Crippen LogP) is 4.43. The highest BCUT2D eigenvalue weighted by atomic mass is 19.4. The molecule has 0 aliphatic carbocycles. The van der Waals surface area contributed by atoms with Crippen LogP contribution in [0.3, 0.4) is 0 Å². The molecule has 0 radical (unpaired) electrons. The Balaban J connectivity index is 1.34. The minimum absolute atomic E-state index is 0.00122. The van der Waals surface area contributed by atoms with Crippen molar-refractivity contribution in [3.8, 4) is 11.3 Å². The molecule has 1 aromatic carbocycles. The summed E-state index contributed by atoms with van der Waals surface area (Å²) >= 11 is 0. The van der Waals surface area contributed by atoms with Crippen molar-refractivity contribution < 1.29 is 31.9 Å². The number of halogens is 4. The molecule has 3 aromatic heterocycles. The molecule has 0 spiro atoms. The second kappa shape index (κ2) is 10.3. The number of rotatable bonds is 4. The van der Waals surface area contributed by atoms with E-state index in [1.165, 1.54) is 21.9 Å². The van der Waals surface area contributed by atoms with Gasteiger partial charge < -0.3 is 14.5 Å². The highest BCUT2D eigenvalue weighted by Gasteiger charge is 2.37. The van der Waals surface area contributed by atoms with Gasteiger partial charge in [0.1, 0.15) is 23.7 Å². The normalized spacial score (nSPS) is 16.0. The zero-order chi connectivity index (χ0) is 27.7. The van der Waals surface area contributed by atoms with Crippen molar-refractivity contribution in [2.45, 2.75) is 25.7 Å². The summed E-state index contributed by atoms with van der Waals surface area (Å²) in [5, 5.41) is 4.18. The van der Waals surface area contributed by atoms with Crippen molar-refractivity contribution >= 4 is 17.6 Å². The average Bonchev–Trinajstić information content (AvgIpc) is 3.35. The molecule has 1 saturated heterocycles. The van der Waals surface area contributed by atoms with Gasteiger partial charge in [0.2, 0.25) is 0 Å². The minimum atomic E-state index is -4.78. The van der Waals surface area contributed by atoms with Crippen molar-refractivity contribution in [2.75, 3.05) is 19.6 Å². The molecule has 0 bridgehead atoms. The lowest BCUT2D eigenvalue weighted by Gasteiger charge is -2.38. The number of alkyl halides is 3. The number of hydrogen-bond donors (Lipinski definition) is 0. The maximum absolute atomic E-state index is 13.9. The molecule has 1 fully saturated rings. The van der Waals surface area contributed by atoms with Gasteiger partial charge in [-0.15, -0.1) is 0 Å². The van der Waals surface area contributed by atoms with Crippen LogP contribution in [-0.2, 0) is 17.5 Å². The molecule has 0 N–H and O–H groups in total. The van der Waals surface area contributed by atoms with E-state index in [1.807, 2.05) is 0 Å². The Morgan fingerprint density at radius 3 is 2.54 bits per heavy atom. The van der Waals surface area contributed by atoms with Crippen LogP contribution in [0.1, 0.15) is 28.7 Å². The maximum Gasteiger partial charge on any atom is 0.420 e. The lowest BCUT2D eigenvalue weighted by Crippen LogP contribution is -2.55. The summed E-state index contributed by atoms with van der Waals surface area (Å²) in [5.41, 5.74) is -1.02. The average molecular weight is 542 g/mol. The molecule has 1 aliphatic rings. The molecule has 1 atom stereocenters. The van der Waals surface area contributed by atoms with Crippen molar-refractivity contribution in [3.63, 3.8) is 0 Å². The first-order valence-corrected chi connectivity index (χ1v) is 12.0. The molecule has 2 amide bonds. The minimum Gasteiger partial charge on any atom is -0.443 e. The van der Waals surface area contributed by atoms with Gasteiger partial charge in [-0.25, -0.2) is 18.7 Å². The Bertz CT molecular complexity index is 1510. The van der Waals surface area contributed by atoms with Crippen LogP contribution in [0, 0.1) is 5.82 Å². The van der Waals surface area contributed by atoms with E-state index in [9.17, 15) is 27.2 Å². The molecular weight excluding hydrogens is 520 g/mol. The van der Waals surface area contributed by atoms with Gasteiger partial charge in [0.25, 0.3) is 5.91 Å². The van der Waals surface area contributed by atoms with Crippen LogP contribution in [0.4, 0.5) is 22.4 Å².